The molecule has 2 heterocycles. The molecule has 2 N–H and O–H groups in total. The molecule has 1 aromatic heterocycles. The van der Waals surface area contributed by atoms with E-state index in [1.807, 2.05) is 0 Å². The van der Waals surface area contributed by atoms with Gasteiger partial charge in [0.25, 0.3) is 5.92 Å². The normalized spacial score (nSPS) is 19.7. The molecule has 0 bridgehead atoms. The SMILES string of the molecule is Cc1ccc(-c2noc(C(C)NC(=O)C3CC(F)(F)CN3)n2)cc1F.Cl. The smallest absolute Gasteiger partial charge is 0.262 e. The zero-order valence-corrected chi connectivity index (χ0v) is 14.9. The van der Waals surface area contributed by atoms with E-state index in [1.54, 1.807) is 26.0 Å². The van der Waals surface area contributed by atoms with Crippen molar-refractivity contribution in [1.82, 2.24) is 20.8 Å². The van der Waals surface area contributed by atoms with E-state index in [-0.39, 0.29) is 24.1 Å². The molecular formula is C16H18ClF3N4O2. The number of alkyl halides is 2. The molecule has 6 nitrogen and oxygen atoms in total. The number of rotatable bonds is 4. The molecular weight excluding hydrogens is 373 g/mol. The number of halogens is 4. The summed E-state index contributed by atoms with van der Waals surface area (Å²) in [5, 5.41) is 8.80. The van der Waals surface area contributed by atoms with Crippen LogP contribution in [0.1, 0.15) is 30.8 Å². The maximum Gasteiger partial charge on any atom is 0.262 e. The minimum Gasteiger partial charge on any atom is -0.343 e. The molecule has 1 aromatic carbocycles. The average Bonchev–Trinajstić information content (AvgIpc) is 3.16. The van der Waals surface area contributed by atoms with Gasteiger partial charge in [0.05, 0.1) is 12.6 Å². The summed E-state index contributed by atoms with van der Waals surface area (Å²) >= 11 is 0. The zero-order chi connectivity index (χ0) is 18.2. The number of carbonyl (C=O) groups excluding carboxylic acids is 1. The zero-order valence-electron chi connectivity index (χ0n) is 14.1. The first-order valence-corrected chi connectivity index (χ1v) is 7.77. The van der Waals surface area contributed by atoms with Crippen LogP contribution in [-0.2, 0) is 4.79 Å². The van der Waals surface area contributed by atoms with Gasteiger partial charge in [0, 0.05) is 12.0 Å². The third-order valence-electron chi connectivity index (χ3n) is 4.03. The summed E-state index contributed by atoms with van der Waals surface area (Å²) in [5.41, 5.74) is 0.933. The lowest BCUT2D eigenvalue weighted by Gasteiger charge is -2.14. The van der Waals surface area contributed by atoms with E-state index in [0.29, 0.717) is 11.1 Å². The summed E-state index contributed by atoms with van der Waals surface area (Å²) in [4.78, 5) is 16.2. The fraction of sp³-hybridized carbons (Fsp3) is 0.438. The molecule has 0 spiro atoms. The van der Waals surface area contributed by atoms with Crippen molar-refractivity contribution >= 4 is 18.3 Å². The van der Waals surface area contributed by atoms with Crippen LogP contribution in [0.4, 0.5) is 13.2 Å². The summed E-state index contributed by atoms with van der Waals surface area (Å²) < 4.78 is 45.0. The van der Waals surface area contributed by atoms with Crippen molar-refractivity contribution in [3.8, 4) is 11.4 Å². The Morgan fingerprint density at radius 1 is 1.46 bits per heavy atom. The van der Waals surface area contributed by atoms with E-state index in [1.165, 1.54) is 6.07 Å². The highest BCUT2D eigenvalue weighted by Crippen LogP contribution is 2.26. The molecule has 2 unspecified atom stereocenters. The van der Waals surface area contributed by atoms with Crippen LogP contribution in [0.25, 0.3) is 11.4 Å². The van der Waals surface area contributed by atoms with Crippen molar-refractivity contribution in [3.05, 3.63) is 35.5 Å². The monoisotopic (exact) mass is 390 g/mol. The molecule has 1 saturated heterocycles. The van der Waals surface area contributed by atoms with Crippen LogP contribution in [0, 0.1) is 12.7 Å². The summed E-state index contributed by atoms with van der Waals surface area (Å²) in [5.74, 6) is -3.56. The summed E-state index contributed by atoms with van der Waals surface area (Å²) in [6.45, 7) is 2.71. The van der Waals surface area contributed by atoms with Gasteiger partial charge in [-0.05, 0) is 25.5 Å². The summed E-state index contributed by atoms with van der Waals surface area (Å²) in [7, 11) is 0. The molecule has 1 amide bonds. The lowest BCUT2D eigenvalue weighted by molar-refractivity contribution is -0.124. The predicted molar refractivity (Wildman–Crippen MR) is 89.6 cm³/mol. The van der Waals surface area contributed by atoms with Gasteiger partial charge in [-0.3, -0.25) is 10.1 Å². The number of carbonyl (C=O) groups is 1. The van der Waals surface area contributed by atoms with Crippen molar-refractivity contribution in [2.75, 3.05) is 6.54 Å². The first kappa shape index (κ1) is 20.2. The first-order chi connectivity index (χ1) is 11.7. The Labute approximate surface area is 153 Å². The molecule has 1 fully saturated rings. The standard InChI is InChI=1S/C16H17F3N4O2.ClH/c1-8-3-4-10(5-11(8)17)13-22-15(25-23-13)9(2)21-14(24)12-6-16(18,19)7-20-12;/h3-5,9,12,20H,6-7H2,1-2H3,(H,21,24);1H. The average molecular weight is 391 g/mol. The molecule has 142 valence electrons. The molecule has 10 heteroatoms. The van der Waals surface area contributed by atoms with Crippen LogP contribution >= 0.6 is 12.4 Å². The van der Waals surface area contributed by atoms with Gasteiger partial charge in [0.2, 0.25) is 17.6 Å². The molecule has 3 rings (SSSR count). The Hall–Kier alpha value is -2.13. The van der Waals surface area contributed by atoms with Crippen LogP contribution in [0.15, 0.2) is 22.7 Å². The van der Waals surface area contributed by atoms with Gasteiger partial charge in [-0.1, -0.05) is 17.3 Å². The number of benzene rings is 1. The van der Waals surface area contributed by atoms with E-state index in [2.05, 4.69) is 20.8 Å². The molecule has 1 aliphatic rings. The number of hydrogen-bond acceptors (Lipinski definition) is 5. The van der Waals surface area contributed by atoms with Gasteiger partial charge in [-0.2, -0.15) is 4.98 Å². The first-order valence-electron chi connectivity index (χ1n) is 7.77. The molecule has 1 aliphatic heterocycles. The second kappa shape index (κ2) is 7.63. The van der Waals surface area contributed by atoms with Gasteiger partial charge < -0.3 is 9.84 Å². The predicted octanol–water partition coefficient (Wildman–Crippen LogP) is 2.78. The van der Waals surface area contributed by atoms with Gasteiger partial charge in [-0.15, -0.1) is 12.4 Å². The lowest BCUT2D eigenvalue weighted by atomic mass is 10.1. The molecule has 0 aliphatic carbocycles. The number of aromatic nitrogens is 2. The summed E-state index contributed by atoms with van der Waals surface area (Å²) in [6, 6.07) is 2.90. The number of aryl methyl sites for hydroxylation is 1. The van der Waals surface area contributed by atoms with Gasteiger partial charge >= 0.3 is 0 Å². The van der Waals surface area contributed by atoms with E-state index < -0.39 is 42.7 Å². The van der Waals surface area contributed by atoms with Crippen molar-refractivity contribution in [1.29, 1.82) is 0 Å². The van der Waals surface area contributed by atoms with E-state index >= 15 is 0 Å². The highest BCUT2D eigenvalue weighted by Gasteiger charge is 2.42. The molecule has 2 atom stereocenters. The van der Waals surface area contributed by atoms with E-state index in [0.717, 1.165) is 0 Å². The second-order valence-corrected chi connectivity index (χ2v) is 6.14. The van der Waals surface area contributed by atoms with Crippen molar-refractivity contribution in [2.45, 2.75) is 38.3 Å². The number of amides is 1. The maximum atomic E-state index is 13.6. The Morgan fingerprint density at radius 3 is 2.81 bits per heavy atom. The Morgan fingerprint density at radius 2 is 2.19 bits per heavy atom. The molecule has 0 saturated carbocycles. The minimum atomic E-state index is -2.89. The van der Waals surface area contributed by atoms with Crippen molar-refractivity contribution in [3.63, 3.8) is 0 Å². The Kier molecular flexibility index (Phi) is 5.92. The van der Waals surface area contributed by atoms with Crippen LogP contribution in [-0.4, -0.2) is 34.6 Å². The number of nitrogens with one attached hydrogen (secondary N) is 2. The lowest BCUT2D eigenvalue weighted by Crippen LogP contribution is -2.41. The summed E-state index contributed by atoms with van der Waals surface area (Å²) in [6.07, 6.45) is -0.552. The van der Waals surface area contributed by atoms with Gasteiger partial charge in [0.1, 0.15) is 11.9 Å². The fourth-order valence-corrected chi connectivity index (χ4v) is 2.54. The number of nitrogens with zero attached hydrogens (tertiary/aromatic N) is 2. The van der Waals surface area contributed by atoms with Crippen LogP contribution in [0.3, 0.4) is 0 Å². The van der Waals surface area contributed by atoms with Crippen LogP contribution < -0.4 is 10.6 Å². The molecule has 26 heavy (non-hydrogen) atoms. The maximum absolute atomic E-state index is 13.6. The van der Waals surface area contributed by atoms with Gasteiger partial charge in [0.15, 0.2) is 0 Å². The van der Waals surface area contributed by atoms with E-state index in [4.69, 9.17) is 4.52 Å². The quantitative estimate of drug-likeness (QED) is 0.839. The fourth-order valence-electron chi connectivity index (χ4n) is 2.54. The third-order valence-corrected chi connectivity index (χ3v) is 4.03. The van der Waals surface area contributed by atoms with Gasteiger partial charge in [-0.25, -0.2) is 13.2 Å². The van der Waals surface area contributed by atoms with Crippen molar-refractivity contribution < 1.29 is 22.5 Å². The third kappa shape index (κ3) is 4.34. The Bertz CT molecular complexity index is 800. The highest BCUT2D eigenvalue weighted by molar-refractivity contribution is 5.85. The second-order valence-electron chi connectivity index (χ2n) is 6.14. The molecule has 0 radical (unpaired) electrons. The van der Waals surface area contributed by atoms with Crippen LogP contribution in [0.5, 0.6) is 0 Å². The van der Waals surface area contributed by atoms with Crippen molar-refractivity contribution in [2.24, 2.45) is 0 Å². The van der Waals surface area contributed by atoms with E-state index in [9.17, 15) is 18.0 Å². The number of hydrogen-bond donors (Lipinski definition) is 2. The topological polar surface area (TPSA) is 80.0 Å². The molecule has 2 aromatic rings. The minimum absolute atomic E-state index is 0. The highest BCUT2D eigenvalue weighted by atomic mass is 35.5. The Balaban J connectivity index is 0.00000243. The van der Waals surface area contributed by atoms with Crippen LogP contribution in [0.2, 0.25) is 0 Å². The largest absolute Gasteiger partial charge is 0.343 e.